The molecule has 5 nitrogen and oxygen atoms in total. The van der Waals surface area contributed by atoms with Crippen LogP contribution in [0.4, 0.5) is 4.39 Å². The van der Waals surface area contributed by atoms with Crippen LogP contribution in [-0.2, 0) is 6.54 Å². The van der Waals surface area contributed by atoms with Crippen LogP contribution in [0.5, 0.6) is 11.5 Å². The van der Waals surface area contributed by atoms with Gasteiger partial charge >= 0.3 is 0 Å². The second-order valence-electron chi connectivity index (χ2n) is 7.47. The van der Waals surface area contributed by atoms with Gasteiger partial charge in [0.1, 0.15) is 17.3 Å². The number of carbonyl (C=O) groups excluding carboxylic acids is 1. The molecular formula is C22H26FN3O2. The first kappa shape index (κ1) is 18.9. The maximum atomic E-state index is 13.1. The van der Waals surface area contributed by atoms with E-state index in [1.165, 1.54) is 25.0 Å². The summed E-state index contributed by atoms with van der Waals surface area (Å²) in [5, 5.41) is 3.12. The molecule has 2 aromatic rings. The van der Waals surface area contributed by atoms with E-state index in [9.17, 15) is 9.18 Å². The number of halogens is 1. The zero-order valence-corrected chi connectivity index (χ0v) is 16.2. The third kappa shape index (κ3) is 4.34. The Bertz CT molecular complexity index is 828. The molecule has 0 atom stereocenters. The van der Waals surface area contributed by atoms with Crippen molar-refractivity contribution >= 4 is 5.91 Å². The van der Waals surface area contributed by atoms with E-state index in [1.807, 2.05) is 30.1 Å². The molecule has 6 heteroatoms. The largest absolute Gasteiger partial charge is 0.457 e. The van der Waals surface area contributed by atoms with Gasteiger partial charge in [0, 0.05) is 49.9 Å². The van der Waals surface area contributed by atoms with Gasteiger partial charge in [-0.1, -0.05) is 0 Å². The predicted octanol–water partition coefficient (Wildman–Crippen LogP) is 3.26. The maximum absolute atomic E-state index is 13.1. The van der Waals surface area contributed by atoms with Crippen LogP contribution in [0.25, 0.3) is 0 Å². The molecule has 1 heterocycles. The molecule has 1 aliphatic heterocycles. The standard InChI is InChI=1S/C22H26FN3O2/c1-24-15-17-14-16(2-9-21(17)28-20-7-3-18(23)4-8-20)22(27)26-12-10-25(11-13-26)19-5-6-19/h2-4,7-9,14,19,24H,5-6,10-13,15H2,1H3. The lowest BCUT2D eigenvalue weighted by Gasteiger charge is -2.35. The minimum absolute atomic E-state index is 0.0705. The van der Waals surface area contributed by atoms with Crippen molar-refractivity contribution in [2.45, 2.75) is 25.4 Å². The molecule has 0 radical (unpaired) electrons. The Kier molecular flexibility index (Phi) is 5.59. The summed E-state index contributed by atoms with van der Waals surface area (Å²) in [6, 6.07) is 12.2. The summed E-state index contributed by atoms with van der Waals surface area (Å²) < 4.78 is 19.0. The Hall–Kier alpha value is -2.44. The van der Waals surface area contributed by atoms with Crippen molar-refractivity contribution in [1.82, 2.24) is 15.1 Å². The first-order chi connectivity index (χ1) is 13.6. The molecule has 4 rings (SSSR count). The van der Waals surface area contributed by atoms with Crippen LogP contribution in [0, 0.1) is 5.82 Å². The smallest absolute Gasteiger partial charge is 0.253 e. The highest BCUT2D eigenvalue weighted by Crippen LogP contribution is 2.29. The molecule has 0 unspecified atom stereocenters. The number of amides is 1. The van der Waals surface area contributed by atoms with E-state index in [0.29, 0.717) is 23.6 Å². The molecule has 2 aliphatic rings. The molecule has 1 saturated carbocycles. The van der Waals surface area contributed by atoms with Crippen LogP contribution in [0.1, 0.15) is 28.8 Å². The molecule has 2 aromatic carbocycles. The van der Waals surface area contributed by atoms with Crippen LogP contribution >= 0.6 is 0 Å². The summed E-state index contributed by atoms with van der Waals surface area (Å²) in [4.78, 5) is 17.4. The molecule has 28 heavy (non-hydrogen) atoms. The van der Waals surface area contributed by atoms with E-state index in [0.717, 1.165) is 37.8 Å². The molecule has 1 N–H and O–H groups in total. The van der Waals surface area contributed by atoms with Crippen LogP contribution < -0.4 is 10.1 Å². The fraction of sp³-hybridized carbons (Fsp3) is 0.409. The minimum atomic E-state index is -0.300. The van der Waals surface area contributed by atoms with Crippen molar-refractivity contribution in [2.75, 3.05) is 33.2 Å². The monoisotopic (exact) mass is 383 g/mol. The molecule has 1 saturated heterocycles. The van der Waals surface area contributed by atoms with Crippen molar-refractivity contribution in [3.05, 3.63) is 59.4 Å². The van der Waals surface area contributed by atoms with E-state index >= 15 is 0 Å². The maximum Gasteiger partial charge on any atom is 0.253 e. The van der Waals surface area contributed by atoms with Crippen molar-refractivity contribution < 1.29 is 13.9 Å². The van der Waals surface area contributed by atoms with Gasteiger partial charge in [-0.25, -0.2) is 4.39 Å². The SMILES string of the molecule is CNCc1cc(C(=O)N2CCN(C3CC3)CC2)ccc1Oc1ccc(F)cc1. The number of piperazine rings is 1. The van der Waals surface area contributed by atoms with Gasteiger partial charge in [0.2, 0.25) is 0 Å². The Balaban J connectivity index is 1.47. The van der Waals surface area contributed by atoms with E-state index in [-0.39, 0.29) is 11.7 Å². The lowest BCUT2D eigenvalue weighted by molar-refractivity contribution is 0.0627. The average Bonchev–Trinajstić information content (AvgIpc) is 3.56. The highest BCUT2D eigenvalue weighted by atomic mass is 19.1. The number of nitrogens with zero attached hydrogens (tertiary/aromatic N) is 2. The van der Waals surface area contributed by atoms with Crippen molar-refractivity contribution in [3.8, 4) is 11.5 Å². The van der Waals surface area contributed by atoms with Gasteiger partial charge in [0.25, 0.3) is 5.91 Å². The molecular weight excluding hydrogens is 357 g/mol. The Labute approximate surface area is 165 Å². The number of nitrogens with one attached hydrogen (secondary N) is 1. The summed E-state index contributed by atoms with van der Waals surface area (Å²) in [5.74, 6) is 0.997. The highest BCUT2D eigenvalue weighted by Gasteiger charge is 2.32. The Morgan fingerprint density at radius 3 is 2.46 bits per heavy atom. The second kappa shape index (κ2) is 8.29. The molecule has 2 fully saturated rings. The third-order valence-corrected chi connectivity index (χ3v) is 5.38. The van der Waals surface area contributed by atoms with Gasteiger partial charge in [0.15, 0.2) is 0 Å². The van der Waals surface area contributed by atoms with Crippen LogP contribution in [0.2, 0.25) is 0 Å². The quantitative estimate of drug-likeness (QED) is 0.832. The lowest BCUT2D eigenvalue weighted by atomic mass is 10.1. The van der Waals surface area contributed by atoms with Gasteiger partial charge < -0.3 is 15.0 Å². The fourth-order valence-corrected chi connectivity index (χ4v) is 3.68. The predicted molar refractivity (Wildman–Crippen MR) is 106 cm³/mol. The number of hydrogen-bond acceptors (Lipinski definition) is 4. The summed E-state index contributed by atoms with van der Waals surface area (Å²) in [6.07, 6.45) is 2.60. The molecule has 0 bridgehead atoms. The van der Waals surface area contributed by atoms with Gasteiger partial charge in [-0.3, -0.25) is 9.69 Å². The molecule has 0 spiro atoms. The normalized spacial score (nSPS) is 17.6. The van der Waals surface area contributed by atoms with Crippen molar-refractivity contribution in [1.29, 1.82) is 0 Å². The third-order valence-electron chi connectivity index (χ3n) is 5.38. The fourth-order valence-electron chi connectivity index (χ4n) is 3.68. The Morgan fingerprint density at radius 1 is 1.11 bits per heavy atom. The average molecular weight is 383 g/mol. The van der Waals surface area contributed by atoms with E-state index < -0.39 is 0 Å². The first-order valence-electron chi connectivity index (χ1n) is 9.88. The summed E-state index contributed by atoms with van der Waals surface area (Å²) >= 11 is 0. The zero-order chi connectivity index (χ0) is 19.5. The summed E-state index contributed by atoms with van der Waals surface area (Å²) in [6.45, 7) is 4.07. The second-order valence-corrected chi connectivity index (χ2v) is 7.47. The van der Waals surface area contributed by atoms with Gasteiger partial charge in [-0.15, -0.1) is 0 Å². The first-order valence-corrected chi connectivity index (χ1v) is 9.88. The molecule has 0 aromatic heterocycles. The van der Waals surface area contributed by atoms with Gasteiger partial charge in [0.05, 0.1) is 0 Å². The van der Waals surface area contributed by atoms with Gasteiger partial charge in [-0.2, -0.15) is 0 Å². The number of carbonyl (C=O) groups is 1. The van der Waals surface area contributed by atoms with Crippen molar-refractivity contribution in [2.24, 2.45) is 0 Å². The van der Waals surface area contributed by atoms with E-state index in [4.69, 9.17) is 4.74 Å². The Morgan fingerprint density at radius 2 is 1.82 bits per heavy atom. The van der Waals surface area contributed by atoms with Gasteiger partial charge in [-0.05, 0) is 62.4 Å². The molecule has 1 amide bonds. The highest BCUT2D eigenvalue weighted by molar-refractivity contribution is 5.94. The lowest BCUT2D eigenvalue weighted by Crippen LogP contribution is -2.49. The summed E-state index contributed by atoms with van der Waals surface area (Å²) in [7, 11) is 1.85. The number of ether oxygens (including phenoxy) is 1. The van der Waals surface area contributed by atoms with E-state index in [1.54, 1.807) is 12.1 Å². The summed E-state index contributed by atoms with van der Waals surface area (Å²) in [5.41, 5.74) is 1.57. The number of benzene rings is 2. The van der Waals surface area contributed by atoms with Crippen molar-refractivity contribution in [3.63, 3.8) is 0 Å². The topological polar surface area (TPSA) is 44.8 Å². The van der Waals surface area contributed by atoms with Crippen LogP contribution in [-0.4, -0.2) is 55.0 Å². The molecule has 1 aliphatic carbocycles. The van der Waals surface area contributed by atoms with Crippen LogP contribution in [0.3, 0.4) is 0 Å². The number of hydrogen-bond donors (Lipinski definition) is 1. The zero-order valence-electron chi connectivity index (χ0n) is 16.2. The minimum Gasteiger partial charge on any atom is -0.457 e. The van der Waals surface area contributed by atoms with Crippen LogP contribution in [0.15, 0.2) is 42.5 Å². The number of rotatable bonds is 6. The molecule has 148 valence electrons. The van der Waals surface area contributed by atoms with E-state index in [2.05, 4.69) is 10.2 Å².